The zero-order chi connectivity index (χ0) is 13.8. The van der Waals surface area contributed by atoms with Crippen molar-refractivity contribution in [1.29, 1.82) is 0 Å². The molecule has 6 heteroatoms. The molecule has 0 fully saturated rings. The molecule has 0 spiro atoms. The fraction of sp³-hybridized carbons (Fsp3) is 0.0769. The summed E-state index contributed by atoms with van der Waals surface area (Å²) in [5.74, 6) is -2.70. The van der Waals surface area contributed by atoms with Crippen LogP contribution in [0.5, 0.6) is 5.75 Å². The molecule has 0 amide bonds. The van der Waals surface area contributed by atoms with Crippen molar-refractivity contribution < 1.29 is 23.4 Å². The molecule has 2 aromatic rings. The third-order valence-corrected chi connectivity index (χ3v) is 2.33. The van der Waals surface area contributed by atoms with Crippen molar-refractivity contribution in [3.05, 3.63) is 59.4 Å². The standard InChI is InChI=1S/C13H9F2NO3/c14-9-1-2-10(15)12(6-9)19-7-8-3-4-16-11(5-8)13(17)18/h1-6H,7H2,(H,17,18). The summed E-state index contributed by atoms with van der Waals surface area (Å²) in [5.41, 5.74) is 0.358. The number of hydrogen-bond acceptors (Lipinski definition) is 3. The second kappa shape index (κ2) is 5.43. The van der Waals surface area contributed by atoms with Gasteiger partial charge in [-0.25, -0.2) is 18.6 Å². The van der Waals surface area contributed by atoms with Gasteiger partial charge in [0.05, 0.1) is 0 Å². The molecule has 1 heterocycles. The number of nitrogens with zero attached hydrogens (tertiary/aromatic N) is 1. The van der Waals surface area contributed by atoms with Gasteiger partial charge in [-0.2, -0.15) is 0 Å². The van der Waals surface area contributed by atoms with Crippen molar-refractivity contribution in [2.24, 2.45) is 0 Å². The number of carboxylic acids is 1. The number of carboxylic acid groups (broad SMARTS) is 1. The number of aromatic nitrogens is 1. The molecule has 1 aromatic carbocycles. The second-order valence-electron chi connectivity index (χ2n) is 3.72. The predicted molar refractivity (Wildman–Crippen MR) is 61.9 cm³/mol. The van der Waals surface area contributed by atoms with E-state index in [9.17, 15) is 13.6 Å². The van der Waals surface area contributed by atoms with E-state index in [0.29, 0.717) is 5.56 Å². The van der Waals surface area contributed by atoms with Crippen LogP contribution in [0, 0.1) is 11.6 Å². The first kappa shape index (κ1) is 12.9. The number of halogens is 2. The SMILES string of the molecule is O=C(O)c1cc(COc2cc(F)ccc2F)ccn1. The molecule has 1 N–H and O–H groups in total. The molecule has 98 valence electrons. The molecule has 0 unspecified atom stereocenters. The Morgan fingerprint density at radius 1 is 1.26 bits per heavy atom. The number of ether oxygens (including phenoxy) is 1. The van der Waals surface area contributed by atoms with Crippen molar-refractivity contribution in [2.45, 2.75) is 6.61 Å². The molecule has 1 aromatic heterocycles. The van der Waals surface area contributed by atoms with Crippen molar-refractivity contribution >= 4 is 5.97 Å². The summed E-state index contributed by atoms with van der Waals surface area (Å²) < 4.78 is 31.3. The van der Waals surface area contributed by atoms with Gasteiger partial charge in [-0.05, 0) is 29.8 Å². The van der Waals surface area contributed by atoms with Gasteiger partial charge >= 0.3 is 5.97 Å². The number of hydrogen-bond donors (Lipinski definition) is 1. The fourth-order valence-corrected chi connectivity index (χ4v) is 1.43. The molecule has 0 saturated heterocycles. The summed E-state index contributed by atoms with van der Waals surface area (Å²) in [6.45, 7) is -0.0802. The van der Waals surface area contributed by atoms with Gasteiger partial charge in [0.2, 0.25) is 0 Å². The molecule has 19 heavy (non-hydrogen) atoms. The van der Waals surface area contributed by atoms with Crippen molar-refractivity contribution in [3.8, 4) is 5.75 Å². The summed E-state index contributed by atoms with van der Waals surface area (Å²) in [7, 11) is 0. The lowest BCUT2D eigenvalue weighted by Crippen LogP contribution is -2.03. The molecular formula is C13H9F2NO3. The Morgan fingerprint density at radius 3 is 2.79 bits per heavy atom. The molecule has 0 saturated carbocycles. The lowest BCUT2D eigenvalue weighted by atomic mass is 10.2. The Kier molecular flexibility index (Phi) is 3.70. The minimum absolute atomic E-state index is 0.0802. The molecule has 2 rings (SSSR count). The maximum atomic E-state index is 13.3. The molecular weight excluding hydrogens is 256 g/mol. The topological polar surface area (TPSA) is 59.4 Å². The zero-order valence-corrected chi connectivity index (χ0v) is 9.64. The normalized spacial score (nSPS) is 10.2. The molecule has 0 atom stereocenters. The first-order valence-corrected chi connectivity index (χ1v) is 5.32. The van der Waals surface area contributed by atoms with Crippen LogP contribution in [0.2, 0.25) is 0 Å². The van der Waals surface area contributed by atoms with Crippen LogP contribution in [0.15, 0.2) is 36.5 Å². The van der Waals surface area contributed by atoms with E-state index in [-0.39, 0.29) is 18.1 Å². The monoisotopic (exact) mass is 265 g/mol. The Balaban J connectivity index is 2.12. The number of rotatable bonds is 4. The number of pyridine rings is 1. The lowest BCUT2D eigenvalue weighted by molar-refractivity contribution is 0.0690. The van der Waals surface area contributed by atoms with Crippen LogP contribution in [-0.2, 0) is 6.61 Å². The molecule has 0 aliphatic carbocycles. The first-order chi connectivity index (χ1) is 9.06. The third-order valence-electron chi connectivity index (χ3n) is 2.33. The van der Waals surface area contributed by atoms with Crippen LogP contribution < -0.4 is 4.74 Å². The van der Waals surface area contributed by atoms with Crippen LogP contribution in [-0.4, -0.2) is 16.1 Å². The Morgan fingerprint density at radius 2 is 2.05 bits per heavy atom. The van der Waals surface area contributed by atoms with Gasteiger partial charge in [-0.3, -0.25) is 0 Å². The van der Waals surface area contributed by atoms with Crippen molar-refractivity contribution in [2.75, 3.05) is 0 Å². The van der Waals surface area contributed by atoms with E-state index in [1.807, 2.05) is 0 Å². The quantitative estimate of drug-likeness (QED) is 0.923. The van der Waals surface area contributed by atoms with Gasteiger partial charge in [0, 0.05) is 12.3 Å². The Labute approximate surface area is 107 Å². The summed E-state index contributed by atoms with van der Waals surface area (Å²) in [5, 5.41) is 8.76. The van der Waals surface area contributed by atoms with Crippen LogP contribution in [0.4, 0.5) is 8.78 Å². The average molecular weight is 265 g/mol. The van der Waals surface area contributed by atoms with Crippen LogP contribution >= 0.6 is 0 Å². The largest absolute Gasteiger partial charge is 0.486 e. The number of aromatic carboxylic acids is 1. The minimum atomic E-state index is -1.17. The van der Waals surface area contributed by atoms with Crippen molar-refractivity contribution in [1.82, 2.24) is 4.98 Å². The van der Waals surface area contributed by atoms with Gasteiger partial charge in [0.15, 0.2) is 11.6 Å². The number of benzene rings is 1. The Hall–Kier alpha value is -2.50. The van der Waals surface area contributed by atoms with Crippen LogP contribution in [0.25, 0.3) is 0 Å². The smallest absolute Gasteiger partial charge is 0.354 e. The van der Waals surface area contributed by atoms with E-state index in [2.05, 4.69) is 4.98 Å². The number of carbonyl (C=O) groups is 1. The van der Waals surface area contributed by atoms with Crippen LogP contribution in [0.1, 0.15) is 16.1 Å². The third kappa shape index (κ3) is 3.25. The summed E-state index contributed by atoms with van der Waals surface area (Å²) >= 11 is 0. The van der Waals surface area contributed by atoms with E-state index in [0.717, 1.165) is 18.2 Å². The molecule has 0 aliphatic rings. The lowest BCUT2D eigenvalue weighted by Gasteiger charge is -2.07. The van der Waals surface area contributed by atoms with E-state index in [4.69, 9.17) is 9.84 Å². The summed E-state index contributed by atoms with van der Waals surface area (Å²) in [6, 6.07) is 5.70. The zero-order valence-electron chi connectivity index (χ0n) is 9.64. The minimum Gasteiger partial charge on any atom is -0.486 e. The van der Waals surface area contributed by atoms with Gasteiger partial charge in [-0.15, -0.1) is 0 Å². The fourth-order valence-electron chi connectivity index (χ4n) is 1.43. The van der Waals surface area contributed by atoms with E-state index in [1.165, 1.54) is 18.3 Å². The summed E-state index contributed by atoms with van der Waals surface area (Å²) in [4.78, 5) is 14.3. The highest BCUT2D eigenvalue weighted by molar-refractivity contribution is 5.85. The highest BCUT2D eigenvalue weighted by Crippen LogP contribution is 2.19. The van der Waals surface area contributed by atoms with Gasteiger partial charge in [-0.1, -0.05) is 0 Å². The van der Waals surface area contributed by atoms with Crippen LogP contribution in [0.3, 0.4) is 0 Å². The Bertz CT molecular complexity index is 617. The molecule has 0 radical (unpaired) electrons. The maximum Gasteiger partial charge on any atom is 0.354 e. The molecule has 4 nitrogen and oxygen atoms in total. The highest BCUT2D eigenvalue weighted by Gasteiger charge is 2.08. The van der Waals surface area contributed by atoms with E-state index >= 15 is 0 Å². The van der Waals surface area contributed by atoms with Gasteiger partial charge in [0.1, 0.15) is 18.1 Å². The maximum absolute atomic E-state index is 13.3. The van der Waals surface area contributed by atoms with Gasteiger partial charge in [0.25, 0.3) is 0 Å². The van der Waals surface area contributed by atoms with Gasteiger partial charge < -0.3 is 9.84 Å². The molecule has 0 bridgehead atoms. The van der Waals surface area contributed by atoms with Crippen molar-refractivity contribution in [3.63, 3.8) is 0 Å². The molecule has 0 aliphatic heterocycles. The highest BCUT2D eigenvalue weighted by atomic mass is 19.1. The van der Waals surface area contributed by atoms with E-state index in [1.54, 1.807) is 0 Å². The first-order valence-electron chi connectivity index (χ1n) is 5.32. The van der Waals surface area contributed by atoms with E-state index < -0.39 is 17.6 Å². The predicted octanol–water partition coefficient (Wildman–Crippen LogP) is 2.64. The second-order valence-corrected chi connectivity index (χ2v) is 3.72. The summed E-state index contributed by atoms with van der Waals surface area (Å²) in [6.07, 6.45) is 1.31. The average Bonchev–Trinajstić information content (AvgIpc) is 2.40.